The number of para-hydroxylation sites is 1. The standard InChI is InChI=1S/C11H11ClN2O2/c1-11(2,10(15)16)7-5-3-4-6-8(7)13-14-9(6)12/h3-5H,1-2H3,(H,13,14)(H,15,16). The summed E-state index contributed by atoms with van der Waals surface area (Å²) < 4.78 is 0. The number of H-pyrrole nitrogens is 1. The third kappa shape index (κ3) is 1.46. The lowest BCUT2D eigenvalue weighted by molar-refractivity contribution is -0.142. The fourth-order valence-electron chi connectivity index (χ4n) is 1.63. The number of hydrogen-bond acceptors (Lipinski definition) is 2. The number of hydrogen-bond donors (Lipinski definition) is 2. The van der Waals surface area contributed by atoms with E-state index in [9.17, 15) is 9.90 Å². The first-order valence-corrected chi connectivity index (χ1v) is 5.19. The van der Waals surface area contributed by atoms with Crippen molar-refractivity contribution < 1.29 is 9.90 Å². The first-order chi connectivity index (χ1) is 7.44. The first-order valence-electron chi connectivity index (χ1n) is 4.81. The SMILES string of the molecule is CC(C)(C(=O)O)c1cccc2c(Cl)[nH]nc12. The lowest BCUT2D eigenvalue weighted by Crippen LogP contribution is -2.28. The van der Waals surface area contributed by atoms with Gasteiger partial charge >= 0.3 is 5.97 Å². The van der Waals surface area contributed by atoms with E-state index in [4.69, 9.17) is 11.6 Å². The van der Waals surface area contributed by atoms with Crippen molar-refractivity contribution in [2.75, 3.05) is 0 Å². The van der Waals surface area contributed by atoms with Crippen LogP contribution in [-0.4, -0.2) is 21.3 Å². The van der Waals surface area contributed by atoms with Gasteiger partial charge in [0.05, 0.1) is 10.9 Å². The zero-order valence-electron chi connectivity index (χ0n) is 8.91. The first kappa shape index (κ1) is 11.0. The molecule has 0 atom stereocenters. The van der Waals surface area contributed by atoms with E-state index in [1.807, 2.05) is 6.07 Å². The maximum Gasteiger partial charge on any atom is 0.313 e. The molecule has 4 nitrogen and oxygen atoms in total. The van der Waals surface area contributed by atoms with Crippen molar-refractivity contribution in [2.45, 2.75) is 19.3 Å². The van der Waals surface area contributed by atoms with Crippen LogP contribution in [0.4, 0.5) is 0 Å². The van der Waals surface area contributed by atoms with E-state index >= 15 is 0 Å². The van der Waals surface area contributed by atoms with Crippen molar-refractivity contribution in [2.24, 2.45) is 0 Å². The van der Waals surface area contributed by atoms with E-state index in [2.05, 4.69) is 10.2 Å². The number of nitrogens with one attached hydrogen (secondary N) is 1. The summed E-state index contributed by atoms with van der Waals surface area (Å²) in [6.45, 7) is 3.29. The topological polar surface area (TPSA) is 66.0 Å². The number of benzene rings is 1. The summed E-state index contributed by atoms with van der Waals surface area (Å²) in [5, 5.41) is 17.1. The van der Waals surface area contributed by atoms with Gasteiger partial charge in [0.1, 0.15) is 5.15 Å². The Morgan fingerprint density at radius 3 is 2.81 bits per heavy atom. The minimum atomic E-state index is -0.988. The van der Waals surface area contributed by atoms with E-state index in [1.165, 1.54) is 0 Å². The summed E-state index contributed by atoms with van der Waals surface area (Å²) in [6, 6.07) is 5.35. The van der Waals surface area contributed by atoms with Crippen LogP contribution in [0.25, 0.3) is 10.9 Å². The summed E-state index contributed by atoms with van der Waals surface area (Å²) >= 11 is 5.91. The molecule has 0 bridgehead atoms. The molecule has 0 aliphatic carbocycles. The lowest BCUT2D eigenvalue weighted by atomic mass is 9.84. The smallest absolute Gasteiger partial charge is 0.313 e. The van der Waals surface area contributed by atoms with E-state index in [-0.39, 0.29) is 0 Å². The second kappa shape index (κ2) is 3.49. The molecule has 0 saturated heterocycles. The molecule has 2 rings (SSSR count). The number of rotatable bonds is 2. The maximum absolute atomic E-state index is 11.2. The molecule has 0 spiro atoms. The van der Waals surface area contributed by atoms with Gasteiger partial charge in [0.2, 0.25) is 0 Å². The highest BCUT2D eigenvalue weighted by Gasteiger charge is 2.32. The average Bonchev–Trinajstić information content (AvgIpc) is 2.60. The minimum Gasteiger partial charge on any atom is -0.481 e. The van der Waals surface area contributed by atoms with Crippen molar-refractivity contribution in [3.63, 3.8) is 0 Å². The normalized spacial score (nSPS) is 11.9. The molecular formula is C11H11ClN2O2. The van der Waals surface area contributed by atoms with E-state index in [1.54, 1.807) is 26.0 Å². The Morgan fingerprint density at radius 1 is 1.50 bits per heavy atom. The van der Waals surface area contributed by atoms with Gasteiger partial charge in [-0.15, -0.1) is 0 Å². The third-order valence-corrected chi connectivity index (χ3v) is 3.03. The van der Waals surface area contributed by atoms with Gasteiger partial charge in [-0.25, -0.2) is 0 Å². The van der Waals surface area contributed by atoms with Crippen molar-refractivity contribution in [3.05, 3.63) is 28.9 Å². The molecule has 2 N–H and O–H groups in total. The number of carboxylic acid groups (broad SMARTS) is 1. The highest BCUT2D eigenvalue weighted by molar-refractivity contribution is 6.34. The van der Waals surface area contributed by atoms with Crippen LogP contribution >= 0.6 is 11.6 Å². The predicted octanol–water partition coefficient (Wildman–Crippen LogP) is 2.58. The molecule has 1 aromatic heterocycles. The van der Waals surface area contributed by atoms with Gasteiger partial charge in [0.15, 0.2) is 0 Å². The number of aromatic nitrogens is 2. The van der Waals surface area contributed by atoms with Crippen molar-refractivity contribution in [1.82, 2.24) is 10.2 Å². The Labute approximate surface area is 97.2 Å². The lowest BCUT2D eigenvalue weighted by Gasteiger charge is -2.19. The maximum atomic E-state index is 11.2. The fourth-order valence-corrected chi connectivity index (χ4v) is 1.82. The molecule has 0 amide bonds. The van der Waals surface area contributed by atoms with Gasteiger partial charge in [-0.2, -0.15) is 5.10 Å². The van der Waals surface area contributed by atoms with Gasteiger partial charge in [-0.1, -0.05) is 23.7 Å². The number of halogens is 1. The van der Waals surface area contributed by atoms with Gasteiger partial charge in [0.25, 0.3) is 0 Å². The number of nitrogens with zero attached hydrogens (tertiary/aromatic N) is 1. The molecule has 0 saturated carbocycles. The van der Waals surface area contributed by atoms with Crippen molar-refractivity contribution in [3.8, 4) is 0 Å². The zero-order valence-corrected chi connectivity index (χ0v) is 9.67. The Balaban J connectivity index is 2.75. The number of carbonyl (C=O) groups is 1. The monoisotopic (exact) mass is 238 g/mol. The molecule has 5 heteroatoms. The van der Waals surface area contributed by atoms with E-state index in [0.717, 1.165) is 5.39 Å². The highest BCUT2D eigenvalue weighted by atomic mass is 35.5. The van der Waals surface area contributed by atoms with Gasteiger partial charge in [0, 0.05) is 5.39 Å². The van der Waals surface area contributed by atoms with Gasteiger partial charge < -0.3 is 5.11 Å². The summed E-state index contributed by atoms with van der Waals surface area (Å²) in [4.78, 5) is 11.2. The molecule has 1 heterocycles. The number of carboxylic acids is 1. The van der Waals surface area contributed by atoms with Crippen LogP contribution in [0.3, 0.4) is 0 Å². The molecular weight excluding hydrogens is 228 g/mol. The quantitative estimate of drug-likeness (QED) is 0.845. The number of fused-ring (bicyclic) bond motifs is 1. The summed E-state index contributed by atoms with van der Waals surface area (Å²) in [5.74, 6) is -0.890. The fraction of sp³-hybridized carbons (Fsp3) is 0.273. The molecule has 84 valence electrons. The average molecular weight is 239 g/mol. The van der Waals surface area contributed by atoms with E-state index < -0.39 is 11.4 Å². The second-order valence-electron chi connectivity index (χ2n) is 4.17. The van der Waals surface area contributed by atoms with Gasteiger partial charge in [-0.3, -0.25) is 9.89 Å². The highest BCUT2D eigenvalue weighted by Crippen LogP contribution is 2.31. The summed E-state index contributed by atoms with van der Waals surface area (Å²) in [7, 11) is 0. The molecule has 2 aromatic rings. The predicted molar refractivity (Wildman–Crippen MR) is 61.8 cm³/mol. The van der Waals surface area contributed by atoms with Crippen molar-refractivity contribution >= 4 is 28.5 Å². The van der Waals surface area contributed by atoms with Crippen LogP contribution < -0.4 is 0 Å². The zero-order chi connectivity index (χ0) is 11.9. The second-order valence-corrected chi connectivity index (χ2v) is 4.55. The Kier molecular flexibility index (Phi) is 2.39. The molecule has 0 radical (unpaired) electrons. The van der Waals surface area contributed by atoms with Gasteiger partial charge in [-0.05, 0) is 25.5 Å². The summed E-state index contributed by atoms with van der Waals surface area (Å²) in [5.41, 5.74) is 0.276. The van der Waals surface area contributed by atoms with Crippen LogP contribution in [0.5, 0.6) is 0 Å². The molecule has 1 aromatic carbocycles. The van der Waals surface area contributed by atoms with Crippen LogP contribution in [0, 0.1) is 0 Å². The van der Waals surface area contributed by atoms with Crippen molar-refractivity contribution in [1.29, 1.82) is 0 Å². The van der Waals surface area contributed by atoms with Crippen LogP contribution in [0.15, 0.2) is 18.2 Å². The molecule has 0 unspecified atom stereocenters. The number of aliphatic carboxylic acids is 1. The van der Waals surface area contributed by atoms with Crippen LogP contribution in [-0.2, 0) is 10.2 Å². The Morgan fingerprint density at radius 2 is 2.19 bits per heavy atom. The number of aromatic amines is 1. The molecule has 0 aliphatic rings. The largest absolute Gasteiger partial charge is 0.481 e. The molecule has 0 fully saturated rings. The van der Waals surface area contributed by atoms with Crippen LogP contribution in [0.1, 0.15) is 19.4 Å². The molecule has 0 aliphatic heterocycles. The summed E-state index contributed by atoms with van der Waals surface area (Å²) in [6.07, 6.45) is 0. The van der Waals surface area contributed by atoms with Crippen LogP contribution in [0.2, 0.25) is 5.15 Å². The minimum absolute atomic E-state index is 0.429. The Hall–Kier alpha value is -1.55. The van der Waals surface area contributed by atoms with E-state index in [0.29, 0.717) is 16.2 Å². The Bertz CT molecular complexity index is 560. The third-order valence-electron chi connectivity index (χ3n) is 2.75. The molecule has 16 heavy (non-hydrogen) atoms.